The molecule has 1 aromatic rings. The second kappa shape index (κ2) is 6.77. The number of ether oxygens (including phenoxy) is 2. The molecule has 0 unspecified atom stereocenters. The minimum absolute atomic E-state index is 0.00169. The Morgan fingerprint density at radius 1 is 1.35 bits per heavy atom. The van der Waals surface area contributed by atoms with E-state index in [2.05, 4.69) is 10.4 Å². The number of nitrogens with one attached hydrogen (secondary N) is 1. The van der Waals surface area contributed by atoms with Gasteiger partial charge < -0.3 is 20.4 Å². The first-order valence-electron chi connectivity index (χ1n) is 6.28. The van der Waals surface area contributed by atoms with Crippen LogP contribution in [0.2, 0.25) is 0 Å². The molecule has 1 amide bonds. The van der Waals surface area contributed by atoms with Crippen LogP contribution < -0.4 is 16.0 Å². The molecule has 3 N–H and O–H groups in total. The summed E-state index contributed by atoms with van der Waals surface area (Å²) in [7, 11) is 0. The highest BCUT2D eigenvalue weighted by molar-refractivity contribution is 5.94. The van der Waals surface area contributed by atoms with Crippen LogP contribution in [-0.2, 0) is 19.3 Å². The van der Waals surface area contributed by atoms with E-state index in [0.717, 1.165) is 0 Å². The summed E-state index contributed by atoms with van der Waals surface area (Å²) in [4.78, 5) is 38.5. The zero-order chi connectivity index (χ0) is 17.0. The molecule has 1 heterocycles. The Kier molecular flexibility index (Phi) is 4.79. The molecule has 0 spiro atoms. The molecule has 0 saturated heterocycles. The Morgan fingerprint density at radius 3 is 2.70 bits per heavy atom. The van der Waals surface area contributed by atoms with Crippen molar-refractivity contribution in [2.24, 2.45) is 5.73 Å². The largest absolute Gasteiger partial charge is 0.731 e. The molecule has 0 bridgehead atoms. The van der Waals surface area contributed by atoms with Gasteiger partial charge in [-0.05, 0) is 12.1 Å². The van der Waals surface area contributed by atoms with Gasteiger partial charge in [0.15, 0.2) is 0 Å². The Morgan fingerprint density at radius 2 is 2.04 bits per heavy atom. The maximum absolute atomic E-state index is 12.0. The zero-order valence-electron chi connectivity index (χ0n) is 11.9. The van der Waals surface area contributed by atoms with Crippen molar-refractivity contribution < 1.29 is 28.8 Å². The fourth-order valence-electron chi connectivity index (χ4n) is 1.73. The predicted octanol–water partition coefficient (Wildman–Crippen LogP) is -0.285. The molecular formula is C13H12N3O7-. The van der Waals surface area contributed by atoms with Crippen LogP contribution in [0.3, 0.4) is 0 Å². The molecule has 122 valence electrons. The number of carbonyl (C=O) groups is 3. The SMILES string of the molecule is CC(=O)Oc1ccccc1C(=O)OCC1=C(C(N)=O)N([O-])ON1. The smallest absolute Gasteiger partial charge is 0.342 e. The second-order valence-electron chi connectivity index (χ2n) is 4.31. The van der Waals surface area contributed by atoms with E-state index in [1.165, 1.54) is 19.1 Å². The summed E-state index contributed by atoms with van der Waals surface area (Å²) in [5.74, 6) is -2.45. The van der Waals surface area contributed by atoms with E-state index in [9.17, 15) is 19.6 Å². The van der Waals surface area contributed by atoms with E-state index in [1.54, 1.807) is 12.1 Å². The fourth-order valence-corrected chi connectivity index (χ4v) is 1.73. The lowest BCUT2D eigenvalue weighted by atomic mass is 10.2. The van der Waals surface area contributed by atoms with Crippen molar-refractivity contribution >= 4 is 17.8 Å². The third-order valence-electron chi connectivity index (χ3n) is 2.66. The van der Waals surface area contributed by atoms with Gasteiger partial charge in [-0.3, -0.25) is 14.8 Å². The molecule has 10 heteroatoms. The molecule has 0 saturated carbocycles. The maximum atomic E-state index is 12.0. The minimum Gasteiger partial charge on any atom is -0.731 e. The molecule has 1 aromatic carbocycles. The second-order valence-corrected chi connectivity index (χ2v) is 4.31. The quantitative estimate of drug-likeness (QED) is 0.552. The van der Waals surface area contributed by atoms with E-state index >= 15 is 0 Å². The van der Waals surface area contributed by atoms with E-state index in [0.29, 0.717) is 0 Å². The molecule has 0 fully saturated rings. The van der Waals surface area contributed by atoms with Crippen LogP contribution in [0.15, 0.2) is 35.7 Å². The van der Waals surface area contributed by atoms with Gasteiger partial charge in [0.2, 0.25) is 0 Å². The average Bonchev–Trinajstić information content (AvgIpc) is 2.86. The van der Waals surface area contributed by atoms with Gasteiger partial charge in [0, 0.05) is 6.92 Å². The molecule has 23 heavy (non-hydrogen) atoms. The number of hydroxylamine groups is 3. The summed E-state index contributed by atoms with van der Waals surface area (Å²) in [6.45, 7) is 0.721. The standard InChI is InChI=1S/C13H12N3O7/c1-7(17)22-10-5-3-2-4-8(10)13(19)21-6-9-11(12(14)18)16(20)23-15-9/h2-5,15H,6H2,1H3,(H2,14,18)/q-1. The first-order valence-corrected chi connectivity index (χ1v) is 6.28. The van der Waals surface area contributed by atoms with Gasteiger partial charge in [-0.2, -0.15) is 4.94 Å². The van der Waals surface area contributed by atoms with Crippen molar-refractivity contribution in [1.29, 1.82) is 0 Å². The van der Waals surface area contributed by atoms with Gasteiger partial charge in [0.05, 0.1) is 0 Å². The average molecular weight is 322 g/mol. The highest BCUT2D eigenvalue weighted by atomic mass is 17.0. The van der Waals surface area contributed by atoms with Gasteiger partial charge in [0.1, 0.15) is 29.3 Å². The van der Waals surface area contributed by atoms with Crippen LogP contribution >= 0.6 is 0 Å². The number of carbonyl (C=O) groups excluding carboxylic acids is 3. The van der Waals surface area contributed by atoms with Crippen molar-refractivity contribution in [2.75, 3.05) is 6.61 Å². The number of nitrogens with two attached hydrogens (primary N) is 1. The Bertz CT molecular complexity index is 686. The third kappa shape index (κ3) is 3.75. The lowest BCUT2D eigenvalue weighted by Gasteiger charge is -2.20. The summed E-state index contributed by atoms with van der Waals surface area (Å²) in [5.41, 5.74) is 6.53. The van der Waals surface area contributed by atoms with Gasteiger partial charge >= 0.3 is 11.9 Å². The molecule has 0 atom stereocenters. The number of para-hydroxylation sites is 1. The highest BCUT2D eigenvalue weighted by Crippen LogP contribution is 2.20. The van der Waals surface area contributed by atoms with Crippen molar-refractivity contribution in [3.05, 3.63) is 46.4 Å². The predicted molar refractivity (Wildman–Crippen MR) is 73.7 cm³/mol. The van der Waals surface area contributed by atoms with Gasteiger partial charge in [0.25, 0.3) is 5.91 Å². The van der Waals surface area contributed by atoms with Crippen LogP contribution in [0.25, 0.3) is 0 Å². The number of hydrogen-bond donors (Lipinski definition) is 2. The van der Waals surface area contributed by atoms with E-state index in [4.69, 9.17) is 15.2 Å². The zero-order valence-corrected chi connectivity index (χ0v) is 11.9. The molecule has 0 aliphatic carbocycles. The number of amides is 1. The molecule has 1 aliphatic rings. The van der Waals surface area contributed by atoms with Crippen LogP contribution in [-0.4, -0.2) is 29.7 Å². The molecule has 10 nitrogen and oxygen atoms in total. The fraction of sp³-hybridized carbons (Fsp3) is 0.154. The summed E-state index contributed by atoms with van der Waals surface area (Å²) in [5, 5.41) is 11.1. The van der Waals surface area contributed by atoms with E-state index < -0.39 is 30.1 Å². The molecular weight excluding hydrogens is 310 g/mol. The monoisotopic (exact) mass is 322 g/mol. The Hall–Kier alpha value is -3.11. The van der Waals surface area contributed by atoms with Gasteiger partial charge in [-0.15, -0.1) is 0 Å². The molecule has 0 radical (unpaired) electrons. The Balaban J connectivity index is 2.12. The minimum atomic E-state index is -1.05. The summed E-state index contributed by atoms with van der Waals surface area (Å²) < 4.78 is 9.85. The first kappa shape index (κ1) is 16.3. The third-order valence-corrected chi connectivity index (χ3v) is 2.66. The molecule has 0 aromatic heterocycles. The maximum Gasteiger partial charge on any atom is 0.342 e. The van der Waals surface area contributed by atoms with E-state index in [1.807, 2.05) is 0 Å². The van der Waals surface area contributed by atoms with Crippen molar-refractivity contribution in [2.45, 2.75) is 6.92 Å². The number of hydrogen-bond acceptors (Lipinski definition) is 9. The topological polar surface area (TPSA) is 143 Å². The van der Waals surface area contributed by atoms with Crippen LogP contribution in [0, 0.1) is 5.21 Å². The summed E-state index contributed by atoms with van der Waals surface area (Å²) in [6, 6.07) is 5.93. The van der Waals surface area contributed by atoms with Gasteiger partial charge in [-0.25, -0.2) is 10.3 Å². The van der Waals surface area contributed by atoms with E-state index in [-0.39, 0.29) is 22.2 Å². The van der Waals surface area contributed by atoms with Crippen molar-refractivity contribution in [3.63, 3.8) is 0 Å². The molecule has 2 rings (SSSR count). The number of primary amides is 1. The van der Waals surface area contributed by atoms with Crippen LogP contribution in [0.5, 0.6) is 5.75 Å². The lowest BCUT2D eigenvalue weighted by molar-refractivity contribution is -0.134. The summed E-state index contributed by atoms with van der Waals surface area (Å²) in [6.07, 6.45) is 0. The number of benzene rings is 1. The van der Waals surface area contributed by atoms with Crippen LogP contribution in [0.1, 0.15) is 17.3 Å². The summed E-state index contributed by atoms with van der Waals surface area (Å²) >= 11 is 0. The highest BCUT2D eigenvalue weighted by Gasteiger charge is 2.24. The van der Waals surface area contributed by atoms with Gasteiger partial charge in [-0.1, -0.05) is 12.1 Å². The lowest BCUT2D eigenvalue weighted by Crippen LogP contribution is -2.24. The van der Waals surface area contributed by atoms with Crippen LogP contribution in [0.4, 0.5) is 0 Å². The number of esters is 2. The van der Waals surface area contributed by atoms with Crippen molar-refractivity contribution in [1.82, 2.24) is 10.7 Å². The van der Waals surface area contributed by atoms with Crippen molar-refractivity contribution in [3.8, 4) is 5.75 Å². The Labute approximate surface area is 129 Å². The number of nitrogens with zero attached hydrogens (tertiary/aromatic N) is 1. The first-order chi connectivity index (χ1) is 10.9. The normalized spacial score (nSPS) is 13.6. The number of rotatable bonds is 5. The molecule has 1 aliphatic heterocycles.